The smallest absolute Gasteiger partial charge is 0.128 e. The molecule has 1 saturated heterocycles. The van der Waals surface area contributed by atoms with E-state index in [9.17, 15) is 0 Å². The number of hydrogen-bond acceptors (Lipinski definition) is 4. The van der Waals surface area contributed by atoms with Crippen molar-refractivity contribution in [3.8, 4) is 0 Å². The molecule has 2 unspecified atom stereocenters. The molecule has 1 fully saturated rings. The molecule has 1 aliphatic heterocycles. The molecule has 2 atom stereocenters. The van der Waals surface area contributed by atoms with Crippen LogP contribution in [0, 0.1) is 5.92 Å². The summed E-state index contributed by atoms with van der Waals surface area (Å²) in [6.07, 6.45) is 4.48. The molecule has 1 aromatic rings. The van der Waals surface area contributed by atoms with Gasteiger partial charge in [-0.05, 0) is 57.5 Å². The molecule has 2 rings (SSSR count). The average molecular weight is 290 g/mol. The first-order valence-electron chi connectivity index (χ1n) is 8.19. The monoisotopic (exact) mass is 290 g/mol. The van der Waals surface area contributed by atoms with E-state index in [1.54, 1.807) is 0 Å². The van der Waals surface area contributed by atoms with Gasteiger partial charge in [-0.2, -0.15) is 0 Å². The van der Waals surface area contributed by atoms with E-state index in [0.29, 0.717) is 6.04 Å². The van der Waals surface area contributed by atoms with Crippen molar-refractivity contribution < 1.29 is 0 Å². The highest BCUT2D eigenvalue weighted by Gasteiger charge is 2.21. The molecule has 0 spiro atoms. The number of nitrogens with zero attached hydrogens (tertiary/aromatic N) is 3. The summed E-state index contributed by atoms with van der Waals surface area (Å²) in [6.45, 7) is 8.98. The van der Waals surface area contributed by atoms with Crippen molar-refractivity contribution in [2.24, 2.45) is 5.92 Å². The fourth-order valence-electron chi connectivity index (χ4n) is 3.01. The summed E-state index contributed by atoms with van der Waals surface area (Å²) in [5.41, 5.74) is 1.26. The van der Waals surface area contributed by atoms with Gasteiger partial charge in [-0.3, -0.25) is 0 Å². The highest BCUT2D eigenvalue weighted by Crippen LogP contribution is 2.19. The Labute approximate surface area is 129 Å². The molecule has 0 bridgehead atoms. The SMILES string of the molecule is CCCNC(C)c1ccc(N(C)CC2CCN(C)C2)nc1. The third-order valence-corrected chi connectivity index (χ3v) is 4.38. The molecular weight excluding hydrogens is 260 g/mol. The number of anilines is 1. The minimum atomic E-state index is 0.375. The highest BCUT2D eigenvalue weighted by atomic mass is 15.2. The standard InChI is InChI=1S/C17H30N4/c1-5-9-18-14(2)16-6-7-17(19-11-16)21(4)13-15-8-10-20(3)12-15/h6-7,11,14-15,18H,5,8-10,12-13H2,1-4H3. The van der Waals surface area contributed by atoms with Crippen molar-refractivity contribution >= 4 is 5.82 Å². The van der Waals surface area contributed by atoms with E-state index in [1.165, 1.54) is 25.1 Å². The number of hydrogen-bond donors (Lipinski definition) is 1. The van der Waals surface area contributed by atoms with E-state index in [1.807, 2.05) is 6.20 Å². The van der Waals surface area contributed by atoms with E-state index in [0.717, 1.165) is 31.2 Å². The van der Waals surface area contributed by atoms with Crippen LogP contribution in [0.2, 0.25) is 0 Å². The van der Waals surface area contributed by atoms with Crippen LogP contribution < -0.4 is 10.2 Å². The summed E-state index contributed by atoms with van der Waals surface area (Å²) in [5, 5.41) is 3.50. The fourth-order valence-corrected chi connectivity index (χ4v) is 3.01. The normalized spacial score (nSPS) is 20.7. The third-order valence-electron chi connectivity index (χ3n) is 4.38. The number of pyridine rings is 1. The molecule has 1 N–H and O–H groups in total. The Morgan fingerprint density at radius 1 is 1.48 bits per heavy atom. The van der Waals surface area contributed by atoms with E-state index < -0.39 is 0 Å². The summed E-state index contributed by atoms with van der Waals surface area (Å²) in [4.78, 5) is 9.34. The van der Waals surface area contributed by atoms with Gasteiger partial charge >= 0.3 is 0 Å². The lowest BCUT2D eigenvalue weighted by molar-refractivity contribution is 0.395. The Morgan fingerprint density at radius 2 is 2.29 bits per heavy atom. The number of likely N-dealkylation sites (tertiary alicyclic amines) is 1. The van der Waals surface area contributed by atoms with Crippen LogP contribution in [-0.2, 0) is 0 Å². The van der Waals surface area contributed by atoms with Crippen molar-refractivity contribution in [3.63, 3.8) is 0 Å². The van der Waals surface area contributed by atoms with Crippen LogP contribution in [0.3, 0.4) is 0 Å². The summed E-state index contributed by atoms with van der Waals surface area (Å²) < 4.78 is 0. The maximum absolute atomic E-state index is 4.64. The first kappa shape index (κ1) is 16.2. The minimum absolute atomic E-state index is 0.375. The molecule has 0 saturated carbocycles. The second kappa shape index (κ2) is 7.76. The zero-order valence-electron chi connectivity index (χ0n) is 14.0. The van der Waals surface area contributed by atoms with Crippen LogP contribution in [0.5, 0.6) is 0 Å². The van der Waals surface area contributed by atoms with Crippen LogP contribution in [0.25, 0.3) is 0 Å². The van der Waals surface area contributed by atoms with Gasteiger partial charge in [0.05, 0.1) is 0 Å². The number of nitrogens with one attached hydrogen (secondary N) is 1. The largest absolute Gasteiger partial charge is 0.359 e. The van der Waals surface area contributed by atoms with E-state index >= 15 is 0 Å². The molecule has 4 heteroatoms. The van der Waals surface area contributed by atoms with E-state index in [2.05, 4.69) is 60.2 Å². The Balaban J connectivity index is 1.88. The van der Waals surface area contributed by atoms with Crippen LogP contribution in [0.15, 0.2) is 18.3 Å². The van der Waals surface area contributed by atoms with Gasteiger partial charge in [0.2, 0.25) is 0 Å². The molecule has 118 valence electrons. The van der Waals surface area contributed by atoms with Crippen LogP contribution >= 0.6 is 0 Å². The van der Waals surface area contributed by atoms with Gasteiger partial charge in [0.15, 0.2) is 0 Å². The van der Waals surface area contributed by atoms with Gasteiger partial charge in [0.1, 0.15) is 5.82 Å². The van der Waals surface area contributed by atoms with Gasteiger partial charge in [-0.15, -0.1) is 0 Å². The average Bonchev–Trinajstić information content (AvgIpc) is 2.90. The molecule has 0 radical (unpaired) electrons. The number of aromatic nitrogens is 1. The van der Waals surface area contributed by atoms with Gasteiger partial charge in [-0.1, -0.05) is 13.0 Å². The summed E-state index contributed by atoms with van der Waals surface area (Å²) in [6, 6.07) is 4.73. The van der Waals surface area contributed by atoms with Gasteiger partial charge < -0.3 is 15.1 Å². The predicted molar refractivity (Wildman–Crippen MR) is 89.8 cm³/mol. The highest BCUT2D eigenvalue weighted by molar-refractivity contribution is 5.39. The Kier molecular flexibility index (Phi) is 6.00. The lowest BCUT2D eigenvalue weighted by Crippen LogP contribution is -2.28. The molecular formula is C17H30N4. The first-order chi connectivity index (χ1) is 10.1. The van der Waals surface area contributed by atoms with Crippen LogP contribution in [0.1, 0.15) is 38.3 Å². The zero-order valence-corrected chi connectivity index (χ0v) is 14.0. The van der Waals surface area contributed by atoms with Gasteiger partial charge in [0.25, 0.3) is 0 Å². The van der Waals surface area contributed by atoms with E-state index in [4.69, 9.17) is 0 Å². The first-order valence-corrected chi connectivity index (χ1v) is 8.19. The van der Waals surface area contributed by atoms with Crippen LogP contribution in [0.4, 0.5) is 5.82 Å². The third kappa shape index (κ3) is 4.68. The Morgan fingerprint density at radius 3 is 2.86 bits per heavy atom. The summed E-state index contributed by atoms with van der Waals surface area (Å²) >= 11 is 0. The molecule has 1 aromatic heterocycles. The predicted octanol–water partition coefficient (Wildman–Crippen LogP) is 2.53. The van der Waals surface area contributed by atoms with Crippen molar-refractivity contribution in [3.05, 3.63) is 23.9 Å². The second-order valence-electron chi connectivity index (χ2n) is 6.42. The van der Waals surface area contributed by atoms with Crippen molar-refractivity contribution in [1.29, 1.82) is 0 Å². The molecule has 21 heavy (non-hydrogen) atoms. The maximum atomic E-state index is 4.64. The van der Waals surface area contributed by atoms with E-state index in [-0.39, 0.29) is 0 Å². The summed E-state index contributed by atoms with van der Waals surface area (Å²) in [7, 11) is 4.36. The molecule has 4 nitrogen and oxygen atoms in total. The molecule has 0 amide bonds. The molecule has 2 heterocycles. The second-order valence-corrected chi connectivity index (χ2v) is 6.42. The number of rotatable bonds is 7. The lowest BCUT2D eigenvalue weighted by atomic mass is 10.1. The molecule has 0 aliphatic carbocycles. The van der Waals surface area contributed by atoms with Crippen molar-refractivity contribution in [2.45, 2.75) is 32.7 Å². The lowest BCUT2D eigenvalue weighted by Gasteiger charge is -2.23. The topological polar surface area (TPSA) is 31.4 Å². The van der Waals surface area contributed by atoms with Crippen LogP contribution in [-0.4, -0.2) is 50.2 Å². The van der Waals surface area contributed by atoms with Gasteiger partial charge in [0, 0.05) is 32.4 Å². The Hall–Kier alpha value is -1.13. The minimum Gasteiger partial charge on any atom is -0.359 e. The van der Waals surface area contributed by atoms with Crippen molar-refractivity contribution in [1.82, 2.24) is 15.2 Å². The quantitative estimate of drug-likeness (QED) is 0.836. The zero-order chi connectivity index (χ0) is 15.2. The molecule has 0 aromatic carbocycles. The molecule has 1 aliphatic rings. The Bertz CT molecular complexity index is 417. The summed E-state index contributed by atoms with van der Waals surface area (Å²) in [5.74, 6) is 1.85. The van der Waals surface area contributed by atoms with Gasteiger partial charge in [-0.25, -0.2) is 4.98 Å². The fraction of sp³-hybridized carbons (Fsp3) is 0.706. The van der Waals surface area contributed by atoms with Crippen molar-refractivity contribution in [2.75, 3.05) is 45.2 Å². The maximum Gasteiger partial charge on any atom is 0.128 e.